The van der Waals surface area contributed by atoms with E-state index in [0.717, 1.165) is 299 Å². The molecule has 5 heterocycles. The molecule has 0 radical (unpaired) electrons. The number of H-pyrrole nitrogens is 2. The van der Waals surface area contributed by atoms with Crippen molar-refractivity contribution >= 4 is 86.7 Å². The van der Waals surface area contributed by atoms with Crippen LogP contribution in [0.15, 0.2) is 194 Å². The molecule has 15 rings (SSSR count). The maximum absolute atomic E-state index is 7.05. The molecule has 0 unspecified atom stereocenters. The van der Waals surface area contributed by atoms with E-state index in [0.29, 0.717) is 26.4 Å². The zero-order valence-electron chi connectivity index (χ0n) is 67.1. The highest BCUT2D eigenvalue weighted by Crippen LogP contribution is 2.51. The minimum atomic E-state index is 0. The second-order valence-corrected chi connectivity index (χ2v) is 31.6. The average Bonchev–Trinajstić information content (AvgIpc) is 1.57. The molecule has 0 fully saturated rings. The van der Waals surface area contributed by atoms with Gasteiger partial charge in [0.2, 0.25) is 0 Å². The third kappa shape index (κ3) is 16.9. The molecule has 0 aliphatic carbocycles. The number of nitrogens with zero attached hydrogens (tertiary/aromatic N) is 6. The normalized spacial score (nSPS) is 12.3. The number of benzene rings is 10. The Morgan fingerprint density at radius 2 is 0.532 bits per heavy atom. The number of hydrogen-bond donors (Lipinski definition) is 2. The van der Waals surface area contributed by atoms with Crippen LogP contribution >= 0.6 is 0 Å². The summed E-state index contributed by atoms with van der Waals surface area (Å²) in [7, 11) is 9.40. The molecule has 15 heteroatoms. The number of nitrogens with one attached hydrogen (secondary N) is 2. The lowest BCUT2D eigenvalue weighted by molar-refractivity contribution is -0.906. The number of aromatic nitrogens is 4. The van der Waals surface area contributed by atoms with Crippen molar-refractivity contribution < 1.29 is 87.8 Å². The first kappa shape index (κ1) is 81.8. The van der Waals surface area contributed by atoms with Crippen LogP contribution in [0.1, 0.15) is 81.1 Å². The van der Waals surface area contributed by atoms with Crippen molar-refractivity contribution in [2.75, 3.05) is 133 Å². The third-order valence-electron chi connectivity index (χ3n) is 25.1. The number of halogens is 3. The van der Waals surface area contributed by atoms with Crippen LogP contribution in [0.25, 0.3) is 154 Å². The van der Waals surface area contributed by atoms with Gasteiger partial charge in [0.1, 0.15) is 23.0 Å². The van der Waals surface area contributed by atoms with Crippen LogP contribution in [0, 0.1) is 0 Å². The molecule has 578 valence electrons. The quantitative estimate of drug-likeness (QED) is 0.0344. The lowest BCUT2D eigenvalue weighted by Gasteiger charge is -2.32. The van der Waals surface area contributed by atoms with E-state index in [9.17, 15) is 0 Å². The monoisotopic (exact) mass is 1680 g/mol. The van der Waals surface area contributed by atoms with E-state index in [2.05, 4.69) is 288 Å². The van der Waals surface area contributed by atoms with Gasteiger partial charge in [-0.05, 0) is 195 Å². The minimum Gasteiger partial charge on any atom is -1.00 e. The smallest absolute Gasteiger partial charge is 0.123 e. The average molecular weight is 1680 g/mol. The molecule has 8 bridgehead atoms. The van der Waals surface area contributed by atoms with Crippen LogP contribution in [0.3, 0.4) is 0 Å². The molecule has 0 amide bonds. The Morgan fingerprint density at radius 3 is 0.793 bits per heavy atom. The van der Waals surface area contributed by atoms with Crippen LogP contribution in [0.2, 0.25) is 0 Å². The van der Waals surface area contributed by atoms with Crippen LogP contribution < -0.4 is 69.9 Å². The number of ether oxygens (including phenoxy) is 4. The first-order chi connectivity index (χ1) is 52.5. The zero-order valence-corrected chi connectivity index (χ0v) is 71.8. The number of quaternary nitrogens is 4. The van der Waals surface area contributed by atoms with Crippen molar-refractivity contribution in [3.63, 3.8) is 0 Å². The molecule has 3 aromatic heterocycles. The fraction of sp³-hybridized carbons (Fsp3) is 0.333. The molecule has 12 nitrogen and oxygen atoms in total. The van der Waals surface area contributed by atoms with E-state index in [-0.39, 0.29) is 50.9 Å². The predicted molar refractivity (Wildman–Crippen MR) is 455 cm³/mol. The summed E-state index contributed by atoms with van der Waals surface area (Å²) in [6, 6.07) is 71.8. The molecule has 13 aromatic rings. The van der Waals surface area contributed by atoms with E-state index in [1.807, 2.05) is 0 Å². The second-order valence-electron chi connectivity index (χ2n) is 31.6. The van der Waals surface area contributed by atoms with Crippen molar-refractivity contribution in [3.8, 4) is 90.3 Å². The summed E-state index contributed by atoms with van der Waals surface area (Å²) >= 11 is 0. The van der Waals surface area contributed by atoms with Crippen molar-refractivity contribution in [2.45, 2.75) is 81.1 Å². The zero-order chi connectivity index (χ0) is 74.9. The molecule has 111 heavy (non-hydrogen) atoms. The standard InChI is InChI=1S/C96H110N8O4.3BrH/c1-13-101(9,14-2)41-29-45-105-75-49-73(50-76(61-75)106-46-30-42-102(10,15-3)16-4)91-93-83-57-69-37-25-21-33-65(69)53-79(83)87(97-93)63-89-81-55-67-35-23-27-39-71(67)59-85(81)95(99-89)92(74-51-77(107-47-31-43-103(11,17-5)18-6)62-78(52-74)108-48-32-44-104(12,19-7)20-8)96-86-60-72-40-28-24-36-68(72)56-82(86)90(100-96)64-88-80-54-66-34-22-26-38-70(66)58-84(80)94(91)98-88;;;/h21-28,33-40,49-64,97,100H,13-20,29-32,41-48H2,1-12H3;3*1H/q+4;;;/p-3. The summed E-state index contributed by atoms with van der Waals surface area (Å²) in [5.41, 5.74) is 15.0. The Bertz CT molecular complexity index is 5280. The van der Waals surface area contributed by atoms with Crippen LogP contribution in [0.5, 0.6) is 23.0 Å². The Labute approximate surface area is 688 Å². The first-order valence-corrected chi connectivity index (χ1v) is 40.2. The van der Waals surface area contributed by atoms with Crippen molar-refractivity contribution in [3.05, 3.63) is 194 Å². The molecular weight excluding hydrogens is 1570 g/mol. The highest BCUT2D eigenvalue weighted by Gasteiger charge is 2.30. The fourth-order valence-electron chi connectivity index (χ4n) is 16.4. The molecule has 0 saturated carbocycles. The van der Waals surface area contributed by atoms with Gasteiger partial charge in [0.05, 0.1) is 167 Å². The topological polar surface area (TPSA) is 94.3 Å². The summed E-state index contributed by atoms with van der Waals surface area (Å²) in [4.78, 5) is 20.8. The second kappa shape index (κ2) is 34.8. The van der Waals surface area contributed by atoms with Crippen LogP contribution in [0.4, 0.5) is 0 Å². The SMILES string of the molecule is CC[N+](C)(CC)CCCOc1cc(OCCC[N+](C)(CC)CC)cc(-c2c3nc(cc4[nH]c(c(-c5cc(OCCC[N+](C)(CC)CC)cc(OCCC[N+](C)(CC)CC)c5)c5nc(cc6[nH]c2c2cc7ccccc7cc62)-c2cc6ccccc6cc2-5)c2cc5ccccc5cc42)-c2cc4ccccc4cc2-3)c1.[Br-].[Br-].[Br-]. The van der Waals surface area contributed by atoms with Crippen LogP contribution in [-0.2, 0) is 0 Å². The van der Waals surface area contributed by atoms with Gasteiger partial charge in [-0.3, -0.25) is 0 Å². The third-order valence-corrected chi connectivity index (χ3v) is 25.1. The summed E-state index contributed by atoms with van der Waals surface area (Å²) in [5.74, 6) is 3.05. The van der Waals surface area contributed by atoms with Gasteiger partial charge < -0.3 is 97.8 Å². The van der Waals surface area contributed by atoms with Crippen molar-refractivity contribution in [2.24, 2.45) is 0 Å². The number of hydrogen-bond acceptors (Lipinski definition) is 6. The maximum atomic E-state index is 7.05. The summed E-state index contributed by atoms with van der Waals surface area (Å²) in [6.07, 6.45) is 3.63. The molecular formula is C96H110Br3N8O4+. The first-order valence-electron chi connectivity index (χ1n) is 40.2. The highest BCUT2D eigenvalue weighted by atomic mass is 79.9. The number of aromatic amines is 2. The minimum absolute atomic E-state index is 0. The molecule has 2 aliphatic rings. The molecule has 0 atom stereocenters. The molecule has 0 saturated heterocycles. The van der Waals surface area contributed by atoms with Crippen LogP contribution in [-0.4, -0.2) is 171 Å². The van der Waals surface area contributed by atoms with Gasteiger partial charge in [0, 0.05) is 104 Å². The Morgan fingerprint density at radius 1 is 0.288 bits per heavy atom. The Hall–Kier alpha value is -8.64. The lowest BCUT2D eigenvalue weighted by Crippen LogP contribution is -3.00. The van der Waals surface area contributed by atoms with E-state index in [4.69, 9.17) is 28.9 Å². The summed E-state index contributed by atoms with van der Waals surface area (Å²) in [6.45, 7) is 33.2. The van der Waals surface area contributed by atoms with E-state index < -0.39 is 0 Å². The van der Waals surface area contributed by atoms with Gasteiger partial charge in [-0.15, -0.1) is 0 Å². The van der Waals surface area contributed by atoms with Gasteiger partial charge in [-0.2, -0.15) is 0 Å². The van der Waals surface area contributed by atoms with Gasteiger partial charge in [0.15, 0.2) is 0 Å². The Kier molecular flexibility index (Phi) is 25.6. The number of rotatable bonds is 30. The fourth-order valence-corrected chi connectivity index (χ4v) is 16.4. The van der Waals surface area contributed by atoms with E-state index in [1.54, 1.807) is 0 Å². The molecule has 2 aliphatic heterocycles. The Balaban J connectivity index is 0.00000382. The summed E-state index contributed by atoms with van der Waals surface area (Å²) in [5, 5.41) is 13.4. The molecule has 10 aromatic carbocycles. The summed E-state index contributed by atoms with van der Waals surface area (Å²) < 4.78 is 32.1. The van der Waals surface area contributed by atoms with Gasteiger partial charge in [0.25, 0.3) is 0 Å². The predicted octanol–water partition coefficient (Wildman–Crippen LogP) is 13.3. The van der Waals surface area contributed by atoms with Gasteiger partial charge in [-0.1, -0.05) is 97.1 Å². The highest BCUT2D eigenvalue weighted by molar-refractivity contribution is 6.21. The lowest BCUT2D eigenvalue weighted by atomic mass is 9.93. The van der Waals surface area contributed by atoms with Gasteiger partial charge >= 0.3 is 0 Å². The van der Waals surface area contributed by atoms with Gasteiger partial charge in [-0.25, -0.2) is 9.97 Å². The maximum Gasteiger partial charge on any atom is 0.123 e. The van der Waals surface area contributed by atoms with E-state index in [1.165, 1.54) is 0 Å². The van der Waals surface area contributed by atoms with Crippen molar-refractivity contribution in [1.82, 2.24) is 19.9 Å². The largest absolute Gasteiger partial charge is 1.00 e. The molecule has 0 spiro atoms. The number of fused-ring (bicyclic) bond motifs is 24. The van der Waals surface area contributed by atoms with Crippen molar-refractivity contribution in [1.29, 1.82) is 0 Å². The molecule has 2 N–H and O–H groups in total. The van der Waals surface area contributed by atoms with E-state index >= 15 is 0 Å².